The summed E-state index contributed by atoms with van der Waals surface area (Å²) in [5.74, 6) is 2.02. The van der Waals surface area contributed by atoms with Crippen LogP contribution < -0.4 is 15.2 Å². The van der Waals surface area contributed by atoms with E-state index in [9.17, 15) is 0 Å². The van der Waals surface area contributed by atoms with E-state index in [-0.39, 0.29) is 5.41 Å². The molecule has 18 heavy (non-hydrogen) atoms. The molecule has 3 rings (SSSR count). The summed E-state index contributed by atoms with van der Waals surface area (Å²) in [7, 11) is 0. The van der Waals surface area contributed by atoms with Gasteiger partial charge in [0.15, 0.2) is 11.5 Å². The van der Waals surface area contributed by atoms with Gasteiger partial charge in [-0.1, -0.05) is 13.0 Å². The second-order valence-electron chi connectivity index (χ2n) is 5.55. The van der Waals surface area contributed by atoms with Gasteiger partial charge in [-0.25, -0.2) is 0 Å². The summed E-state index contributed by atoms with van der Waals surface area (Å²) in [6.07, 6.45) is 1.06. The van der Waals surface area contributed by atoms with E-state index >= 15 is 0 Å². The SMILES string of the molecule is CC1(CC(CN)c2ccc3c(c2)OCO3)COC1. The highest BCUT2D eigenvalue weighted by molar-refractivity contribution is 5.45. The number of nitrogens with two attached hydrogens (primary N) is 1. The summed E-state index contributed by atoms with van der Waals surface area (Å²) in [6.45, 7) is 4.90. The van der Waals surface area contributed by atoms with Crippen molar-refractivity contribution in [3.8, 4) is 11.5 Å². The third kappa shape index (κ3) is 2.06. The Balaban J connectivity index is 1.78. The molecule has 0 spiro atoms. The van der Waals surface area contributed by atoms with Gasteiger partial charge < -0.3 is 19.9 Å². The fourth-order valence-corrected chi connectivity index (χ4v) is 2.67. The van der Waals surface area contributed by atoms with Crippen LogP contribution in [0.4, 0.5) is 0 Å². The van der Waals surface area contributed by atoms with Gasteiger partial charge in [0.1, 0.15) is 0 Å². The minimum Gasteiger partial charge on any atom is -0.454 e. The molecular weight excluding hydrogens is 230 g/mol. The van der Waals surface area contributed by atoms with E-state index in [1.54, 1.807) is 0 Å². The largest absolute Gasteiger partial charge is 0.454 e. The Morgan fingerprint density at radius 2 is 2.06 bits per heavy atom. The van der Waals surface area contributed by atoms with Crippen molar-refractivity contribution in [1.29, 1.82) is 0 Å². The summed E-state index contributed by atoms with van der Waals surface area (Å²) in [4.78, 5) is 0. The molecule has 2 N–H and O–H groups in total. The monoisotopic (exact) mass is 249 g/mol. The van der Waals surface area contributed by atoms with E-state index in [2.05, 4.69) is 19.1 Å². The summed E-state index contributed by atoms with van der Waals surface area (Å²) in [5.41, 5.74) is 7.43. The van der Waals surface area contributed by atoms with E-state index in [0.29, 0.717) is 19.3 Å². The molecule has 1 atom stereocenters. The lowest BCUT2D eigenvalue weighted by atomic mass is 9.77. The molecule has 0 bridgehead atoms. The number of hydrogen-bond donors (Lipinski definition) is 1. The second kappa shape index (κ2) is 4.44. The second-order valence-corrected chi connectivity index (χ2v) is 5.55. The first-order chi connectivity index (χ1) is 8.70. The lowest BCUT2D eigenvalue weighted by Crippen LogP contribution is -2.41. The Kier molecular flexibility index (Phi) is 2.92. The van der Waals surface area contributed by atoms with Gasteiger partial charge in [0.25, 0.3) is 0 Å². The van der Waals surface area contributed by atoms with Crippen LogP contribution in [0.3, 0.4) is 0 Å². The van der Waals surface area contributed by atoms with Crippen LogP contribution in [0.25, 0.3) is 0 Å². The van der Waals surface area contributed by atoms with Gasteiger partial charge in [-0.2, -0.15) is 0 Å². The molecule has 0 radical (unpaired) electrons. The Hall–Kier alpha value is -1.26. The molecule has 2 heterocycles. The zero-order valence-corrected chi connectivity index (χ0v) is 10.6. The summed E-state index contributed by atoms with van der Waals surface area (Å²) in [6, 6.07) is 6.12. The minimum atomic E-state index is 0.278. The highest BCUT2D eigenvalue weighted by atomic mass is 16.7. The number of fused-ring (bicyclic) bond motifs is 1. The molecule has 4 nitrogen and oxygen atoms in total. The topological polar surface area (TPSA) is 53.7 Å². The normalized spacial score (nSPS) is 21.4. The van der Waals surface area contributed by atoms with Crippen LogP contribution >= 0.6 is 0 Å². The summed E-state index contributed by atoms with van der Waals surface area (Å²) >= 11 is 0. The van der Waals surface area contributed by atoms with Gasteiger partial charge in [0.05, 0.1) is 13.2 Å². The number of hydrogen-bond acceptors (Lipinski definition) is 4. The van der Waals surface area contributed by atoms with E-state index < -0.39 is 0 Å². The van der Waals surface area contributed by atoms with Gasteiger partial charge in [-0.15, -0.1) is 0 Å². The molecule has 2 aliphatic heterocycles. The van der Waals surface area contributed by atoms with Gasteiger partial charge in [-0.3, -0.25) is 0 Å². The van der Waals surface area contributed by atoms with E-state index in [4.69, 9.17) is 19.9 Å². The van der Waals surface area contributed by atoms with Crippen LogP contribution in [0.15, 0.2) is 18.2 Å². The molecule has 0 amide bonds. The van der Waals surface area contributed by atoms with Crippen molar-refractivity contribution in [2.24, 2.45) is 11.1 Å². The molecule has 98 valence electrons. The first kappa shape index (κ1) is 11.8. The third-order valence-electron chi connectivity index (χ3n) is 3.79. The molecule has 0 aromatic heterocycles. The molecule has 1 saturated heterocycles. The van der Waals surface area contributed by atoms with Gasteiger partial charge in [0.2, 0.25) is 6.79 Å². The molecule has 4 heteroatoms. The van der Waals surface area contributed by atoms with Gasteiger partial charge in [0, 0.05) is 5.41 Å². The smallest absolute Gasteiger partial charge is 0.231 e. The van der Waals surface area contributed by atoms with Crippen molar-refractivity contribution in [3.63, 3.8) is 0 Å². The predicted octanol–water partition coefficient (Wildman–Crippen LogP) is 1.88. The molecular formula is C14H19NO3. The molecule has 1 aromatic rings. The Morgan fingerprint density at radius 1 is 1.28 bits per heavy atom. The maximum absolute atomic E-state index is 5.92. The van der Waals surface area contributed by atoms with Crippen LogP contribution in [-0.4, -0.2) is 26.6 Å². The predicted molar refractivity (Wildman–Crippen MR) is 67.9 cm³/mol. The van der Waals surface area contributed by atoms with Crippen molar-refractivity contribution in [3.05, 3.63) is 23.8 Å². The quantitative estimate of drug-likeness (QED) is 0.885. The Bertz CT molecular complexity index is 443. The highest BCUT2D eigenvalue weighted by Gasteiger charge is 2.36. The van der Waals surface area contributed by atoms with Crippen molar-refractivity contribution in [2.45, 2.75) is 19.3 Å². The summed E-state index contributed by atoms with van der Waals surface area (Å²) < 4.78 is 16.1. The van der Waals surface area contributed by atoms with Crippen LogP contribution in [0.5, 0.6) is 11.5 Å². The van der Waals surface area contributed by atoms with Crippen molar-refractivity contribution < 1.29 is 14.2 Å². The van der Waals surface area contributed by atoms with Crippen molar-refractivity contribution in [2.75, 3.05) is 26.6 Å². The van der Waals surface area contributed by atoms with Crippen LogP contribution in [0.1, 0.15) is 24.8 Å². The Labute approximate surface area is 107 Å². The number of ether oxygens (including phenoxy) is 3. The molecule has 0 aliphatic carbocycles. The van der Waals surface area contributed by atoms with E-state index in [0.717, 1.165) is 31.1 Å². The number of benzene rings is 1. The average Bonchev–Trinajstić information content (AvgIpc) is 2.80. The van der Waals surface area contributed by atoms with Crippen molar-refractivity contribution >= 4 is 0 Å². The first-order valence-corrected chi connectivity index (χ1v) is 6.38. The van der Waals surface area contributed by atoms with Crippen LogP contribution in [0.2, 0.25) is 0 Å². The van der Waals surface area contributed by atoms with Crippen molar-refractivity contribution in [1.82, 2.24) is 0 Å². The number of rotatable bonds is 4. The van der Waals surface area contributed by atoms with Gasteiger partial charge in [-0.05, 0) is 36.6 Å². The average molecular weight is 249 g/mol. The third-order valence-corrected chi connectivity index (χ3v) is 3.79. The Morgan fingerprint density at radius 3 is 2.72 bits per heavy atom. The zero-order valence-electron chi connectivity index (χ0n) is 10.6. The first-order valence-electron chi connectivity index (χ1n) is 6.38. The molecule has 2 aliphatic rings. The maximum atomic E-state index is 5.92. The zero-order chi connectivity index (χ0) is 12.6. The van der Waals surface area contributed by atoms with Gasteiger partial charge >= 0.3 is 0 Å². The summed E-state index contributed by atoms with van der Waals surface area (Å²) in [5, 5.41) is 0. The lowest BCUT2D eigenvalue weighted by Gasteiger charge is -2.40. The van der Waals surface area contributed by atoms with E-state index in [1.165, 1.54) is 5.56 Å². The molecule has 1 fully saturated rings. The molecule has 1 aromatic carbocycles. The highest BCUT2D eigenvalue weighted by Crippen LogP contribution is 2.40. The minimum absolute atomic E-state index is 0.278. The lowest BCUT2D eigenvalue weighted by molar-refractivity contribution is -0.108. The van der Waals surface area contributed by atoms with E-state index in [1.807, 2.05) is 6.07 Å². The fraction of sp³-hybridized carbons (Fsp3) is 0.571. The van der Waals surface area contributed by atoms with Crippen LogP contribution in [-0.2, 0) is 4.74 Å². The van der Waals surface area contributed by atoms with Crippen LogP contribution in [0, 0.1) is 5.41 Å². The fourth-order valence-electron chi connectivity index (χ4n) is 2.67. The molecule has 1 unspecified atom stereocenters. The standard InChI is InChI=1S/C14H19NO3/c1-14(7-16-8-14)5-11(6-15)10-2-3-12-13(4-10)18-9-17-12/h2-4,11H,5-9,15H2,1H3. The molecule has 0 saturated carbocycles. The maximum Gasteiger partial charge on any atom is 0.231 e.